The number of rotatable bonds is 7. The first-order valence-electron chi connectivity index (χ1n) is 5.63. The van der Waals surface area contributed by atoms with Gasteiger partial charge in [0.25, 0.3) is 0 Å². The van der Waals surface area contributed by atoms with Gasteiger partial charge in [-0.05, 0) is 33.9 Å². The first-order chi connectivity index (χ1) is 6.94. The van der Waals surface area contributed by atoms with Crippen molar-refractivity contribution in [3.05, 3.63) is 0 Å². The average molecular weight is 215 g/mol. The van der Waals surface area contributed by atoms with Gasteiger partial charge < -0.3 is 4.90 Å². The van der Waals surface area contributed by atoms with E-state index in [1.807, 2.05) is 20.9 Å². The number of hydrogen-bond acceptors (Lipinski definition) is 3. The fraction of sp³-hybridized carbons (Fsp3) is 0.909. The van der Waals surface area contributed by atoms with Gasteiger partial charge in [0.1, 0.15) is 0 Å². The molecule has 3 N–H and O–H groups in total. The quantitative estimate of drug-likeness (QED) is 0.290. The highest BCUT2D eigenvalue weighted by Gasteiger charge is 2.28. The van der Waals surface area contributed by atoms with Crippen LogP contribution >= 0.6 is 0 Å². The van der Waals surface area contributed by atoms with Crippen LogP contribution in [0.5, 0.6) is 0 Å². The van der Waals surface area contributed by atoms with Crippen molar-refractivity contribution in [1.29, 1.82) is 0 Å². The number of hydrazine groups is 1. The van der Waals surface area contributed by atoms with E-state index < -0.39 is 5.41 Å². The molecule has 0 spiro atoms. The van der Waals surface area contributed by atoms with Crippen molar-refractivity contribution in [3.63, 3.8) is 0 Å². The highest BCUT2D eigenvalue weighted by molar-refractivity contribution is 5.81. The van der Waals surface area contributed by atoms with E-state index in [1.165, 1.54) is 19.3 Å². The molecule has 0 radical (unpaired) electrons. The van der Waals surface area contributed by atoms with E-state index in [-0.39, 0.29) is 5.91 Å². The molecule has 0 atom stereocenters. The van der Waals surface area contributed by atoms with E-state index >= 15 is 0 Å². The molecule has 0 aromatic rings. The Morgan fingerprint density at radius 3 is 2.47 bits per heavy atom. The molecule has 4 nitrogen and oxygen atoms in total. The van der Waals surface area contributed by atoms with Gasteiger partial charge in [0.15, 0.2) is 0 Å². The number of amides is 1. The van der Waals surface area contributed by atoms with Crippen molar-refractivity contribution in [3.8, 4) is 0 Å². The molecular formula is C11H25N3O. The molecule has 0 unspecified atom stereocenters. The first kappa shape index (κ1) is 14.4. The Labute approximate surface area is 93.2 Å². The topological polar surface area (TPSA) is 58.4 Å². The summed E-state index contributed by atoms with van der Waals surface area (Å²) in [6.07, 6.45) is 3.65. The molecule has 0 saturated carbocycles. The normalized spacial score (nSPS) is 11.9. The van der Waals surface area contributed by atoms with Crippen LogP contribution in [0.15, 0.2) is 0 Å². The molecule has 0 aromatic heterocycles. The highest BCUT2D eigenvalue weighted by Crippen LogP contribution is 2.16. The number of nitrogens with one attached hydrogen (secondary N) is 1. The lowest BCUT2D eigenvalue weighted by molar-refractivity contribution is -0.130. The summed E-state index contributed by atoms with van der Waals surface area (Å²) < 4.78 is 0. The third-order valence-corrected chi connectivity index (χ3v) is 2.55. The van der Waals surface area contributed by atoms with Crippen molar-refractivity contribution in [2.24, 2.45) is 11.3 Å². The second-order valence-electron chi connectivity index (χ2n) is 4.80. The summed E-state index contributed by atoms with van der Waals surface area (Å²) in [4.78, 5) is 13.6. The minimum absolute atomic E-state index is 0.107. The predicted molar refractivity (Wildman–Crippen MR) is 63.1 cm³/mol. The Kier molecular flexibility index (Phi) is 6.52. The van der Waals surface area contributed by atoms with Crippen LogP contribution in [-0.4, -0.2) is 30.9 Å². The summed E-state index contributed by atoms with van der Waals surface area (Å²) in [5.74, 6) is 5.03. The van der Waals surface area contributed by atoms with E-state index in [4.69, 9.17) is 5.84 Å². The Bertz CT molecular complexity index is 192. The second kappa shape index (κ2) is 6.80. The first-order valence-corrected chi connectivity index (χ1v) is 5.63. The van der Waals surface area contributed by atoms with Gasteiger partial charge in [0.2, 0.25) is 5.91 Å². The van der Waals surface area contributed by atoms with E-state index in [2.05, 4.69) is 17.2 Å². The third-order valence-electron chi connectivity index (χ3n) is 2.55. The highest BCUT2D eigenvalue weighted by atomic mass is 16.2. The number of carbonyl (C=O) groups is 1. The maximum atomic E-state index is 11.4. The minimum atomic E-state index is -0.421. The summed E-state index contributed by atoms with van der Waals surface area (Å²) in [6, 6.07) is 0. The molecule has 0 heterocycles. The van der Waals surface area contributed by atoms with E-state index in [0.29, 0.717) is 0 Å². The Morgan fingerprint density at radius 1 is 1.40 bits per heavy atom. The van der Waals surface area contributed by atoms with Crippen LogP contribution in [0.2, 0.25) is 0 Å². The summed E-state index contributed by atoms with van der Waals surface area (Å²) in [5, 5.41) is 0. The molecular weight excluding hydrogens is 190 g/mol. The molecule has 90 valence electrons. The van der Waals surface area contributed by atoms with Gasteiger partial charge in [-0.15, -0.1) is 0 Å². The van der Waals surface area contributed by atoms with Crippen LogP contribution in [0.1, 0.15) is 40.0 Å². The summed E-state index contributed by atoms with van der Waals surface area (Å²) in [6.45, 7) is 7.78. The molecule has 4 heteroatoms. The molecule has 0 saturated heterocycles. The lowest BCUT2D eigenvalue weighted by atomic mass is 9.92. The molecule has 0 bridgehead atoms. The zero-order valence-corrected chi connectivity index (χ0v) is 10.5. The van der Waals surface area contributed by atoms with Crippen LogP contribution in [0.25, 0.3) is 0 Å². The monoisotopic (exact) mass is 215 g/mol. The summed E-state index contributed by atoms with van der Waals surface area (Å²) in [5.41, 5.74) is 1.79. The van der Waals surface area contributed by atoms with Crippen LogP contribution < -0.4 is 11.3 Å². The smallest absolute Gasteiger partial charge is 0.240 e. The number of carbonyl (C=O) groups excluding carboxylic acids is 1. The molecule has 0 rings (SSSR count). The largest absolute Gasteiger partial charge is 0.305 e. The zero-order valence-electron chi connectivity index (χ0n) is 10.5. The molecule has 0 aliphatic carbocycles. The second-order valence-corrected chi connectivity index (χ2v) is 4.80. The fourth-order valence-electron chi connectivity index (χ4n) is 1.65. The summed E-state index contributed by atoms with van der Waals surface area (Å²) in [7, 11) is 2.04. The van der Waals surface area contributed by atoms with Crippen molar-refractivity contribution in [2.75, 3.05) is 20.1 Å². The van der Waals surface area contributed by atoms with Crippen molar-refractivity contribution in [1.82, 2.24) is 10.3 Å². The third kappa shape index (κ3) is 5.74. The number of nitrogens with zero attached hydrogens (tertiary/aromatic N) is 1. The SMILES string of the molecule is CCCCCN(C)CC(C)(C)C(=O)NN. The zero-order chi connectivity index (χ0) is 11.9. The molecule has 0 aliphatic rings. The van der Waals surface area contributed by atoms with Gasteiger partial charge in [-0.1, -0.05) is 19.8 Å². The van der Waals surface area contributed by atoms with Gasteiger partial charge in [-0.25, -0.2) is 5.84 Å². The molecule has 15 heavy (non-hydrogen) atoms. The average Bonchev–Trinajstić information content (AvgIpc) is 2.16. The van der Waals surface area contributed by atoms with Crippen LogP contribution in [-0.2, 0) is 4.79 Å². The lowest BCUT2D eigenvalue weighted by Crippen LogP contribution is -2.46. The Balaban J connectivity index is 3.93. The van der Waals surface area contributed by atoms with Gasteiger partial charge in [-0.2, -0.15) is 0 Å². The van der Waals surface area contributed by atoms with Gasteiger partial charge in [0, 0.05) is 6.54 Å². The van der Waals surface area contributed by atoms with Gasteiger partial charge >= 0.3 is 0 Å². The molecule has 1 amide bonds. The Morgan fingerprint density at radius 2 is 2.00 bits per heavy atom. The van der Waals surface area contributed by atoms with Crippen LogP contribution in [0.4, 0.5) is 0 Å². The van der Waals surface area contributed by atoms with Crippen molar-refractivity contribution in [2.45, 2.75) is 40.0 Å². The lowest BCUT2D eigenvalue weighted by Gasteiger charge is -2.28. The van der Waals surface area contributed by atoms with Crippen LogP contribution in [0.3, 0.4) is 0 Å². The van der Waals surface area contributed by atoms with Crippen molar-refractivity contribution >= 4 is 5.91 Å². The molecule has 0 aliphatic heterocycles. The fourth-order valence-corrected chi connectivity index (χ4v) is 1.65. The Hall–Kier alpha value is -0.610. The number of hydrogen-bond donors (Lipinski definition) is 2. The maximum Gasteiger partial charge on any atom is 0.240 e. The number of nitrogens with two attached hydrogens (primary N) is 1. The number of unbranched alkanes of at least 4 members (excludes halogenated alkanes) is 2. The predicted octanol–water partition coefficient (Wildman–Crippen LogP) is 1.12. The minimum Gasteiger partial charge on any atom is -0.305 e. The van der Waals surface area contributed by atoms with Gasteiger partial charge in [-0.3, -0.25) is 10.2 Å². The van der Waals surface area contributed by atoms with Crippen molar-refractivity contribution < 1.29 is 4.79 Å². The maximum absolute atomic E-state index is 11.4. The van der Waals surface area contributed by atoms with Gasteiger partial charge in [0.05, 0.1) is 5.41 Å². The molecule has 0 aromatic carbocycles. The standard InChI is InChI=1S/C11H25N3O/c1-5-6-7-8-14(4)9-11(2,3)10(15)13-12/h5-9,12H2,1-4H3,(H,13,15). The van der Waals surface area contributed by atoms with E-state index in [0.717, 1.165) is 13.1 Å². The van der Waals surface area contributed by atoms with E-state index in [1.54, 1.807) is 0 Å². The molecule has 0 fully saturated rings. The van der Waals surface area contributed by atoms with E-state index in [9.17, 15) is 4.79 Å². The summed E-state index contributed by atoms with van der Waals surface area (Å²) >= 11 is 0. The van der Waals surface area contributed by atoms with Crippen LogP contribution in [0, 0.1) is 5.41 Å².